The zero-order valence-electron chi connectivity index (χ0n) is 10.9. The zero-order chi connectivity index (χ0) is 13.8. The predicted octanol–water partition coefficient (Wildman–Crippen LogP) is 1.51. The van der Waals surface area contributed by atoms with Crippen LogP contribution in [0.1, 0.15) is 11.1 Å². The quantitative estimate of drug-likeness (QED) is 0.536. The third-order valence-electron chi connectivity index (χ3n) is 3.26. The highest BCUT2D eigenvalue weighted by Gasteiger charge is 2.18. The van der Waals surface area contributed by atoms with Crippen LogP contribution in [0.4, 0.5) is 0 Å². The highest BCUT2D eigenvalue weighted by Crippen LogP contribution is 2.34. The van der Waals surface area contributed by atoms with Gasteiger partial charge in [0.05, 0.1) is 0 Å². The lowest BCUT2D eigenvalue weighted by Gasteiger charge is -2.02. The maximum Gasteiger partial charge on any atom is 0.327 e. The average molecular weight is 268 g/mol. The van der Waals surface area contributed by atoms with Crippen molar-refractivity contribution in [1.82, 2.24) is 0 Å². The molecule has 2 nitrogen and oxygen atoms in total. The molecule has 0 amide bonds. The van der Waals surface area contributed by atoms with Crippen molar-refractivity contribution in [2.45, 2.75) is 6.42 Å². The normalized spacial score (nSPS) is 10.9. The Labute approximate surface area is 115 Å². The molecule has 1 aliphatic rings. The number of carbonyl (C=O) groups is 1. The molecule has 0 spiro atoms. The summed E-state index contributed by atoms with van der Waals surface area (Å²) >= 11 is 0. The topological polar surface area (TPSA) is 37.3 Å². The molecule has 1 aliphatic carbocycles. The minimum atomic E-state index is -0.981. The number of fused-ring (bicyclic) bond motifs is 3. The van der Waals surface area contributed by atoms with Gasteiger partial charge in [-0.05, 0) is 28.7 Å². The highest BCUT2D eigenvalue weighted by molar-refractivity contribution is 6.34. The van der Waals surface area contributed by atoms with Gasteiger partial charge in [0.25, 0.3) is 0 Å². The van der Waals surface area contributed by atoms with Crippen LogP contribution < -0.4 is 5.19 Å². The molecule has 0 saturated heterocycles. The van der Waals surface area contributed by atoms with E-state index in [1.54, 1.807) is 10.8 Å². The molecule has 0 radical (unpaired) electrons. The Morgan fingerprint density at radius 1 is 1.16 bits per heavy atom. The van der Waals surface area contributed by atoms with Gasteiger partial charge in [-0.1, -0.05) is 54.2 Å². The maximum absolute atomic E-state index is 9.25. The van der Waals surface area contributed by atoms with E-state index >= 15 is 0 Å². The standard InChI is InChI=1S/C13H12Si.C3H4O2/c14-13-7-3-6-11-10-5-2-1-4-9(10)8-12(11)13;1-2-3(4)5/h1-7H,8H2,14H3;2H,1H2,(H,4,5). The monoisotopic (exact) mass is 268 g/mol. The van der Waals surface area contributed by atoms with Gasteiger partial charge in [0.1, 0.15) is 0 Å². The van der Waals surface area contributed by atoms with E-state index in [2.05, 4.69) is 49.0 Å². The van der Waals surface area contributed by atoms with Crippen molar-refractivity contribution in [1.29, 1.82) is 0 Å². The Kier molecular flexibility index (Phi) is 3.97. The fourth-order valence-corrected chi connectivity index (χ4v) is 2.96. The van der Waals surface area contributed by atoms with Crippen molar-refractivity contribution >= 4 is 21.4 Å². The number of hydrogen-bond acceptors (Lipinski definition) is 1. The molecular formula is C16H16O2Si. The van der Waals surface area contributed by atoms with Gasteiger partial charge < -0.3 is 5.11 Å². The molecular weight excluding hydrogens is 252 g/mol. The Morgan fingerprint density at radius 3 is 2.47 bits per heavy atom. The van der Waals surface area contributed by atoms with Crippen LogP contribution in [0.15, 0.2) is 55.1 Å². The zero-order valence-corrected chi connectivity index (χ0v) is 12.9. The molecule has 2 aromatic rings. The van der Waals surface area contributed by atoms with Crippen LogP contribution in [-0.4, -0.2) is 21.3 Å². The minimum absolute atomic E-state index is 0.833. The summed E-state index contributed by atoms with van der Waals surface area (Å²) in [6.07, 6.45) is 1.98. The molecule has 3 heteroatoms. The van der Waals surface area contributed by atoms with E-state index in [4.69, 9.17) is 5.11 Å². The lowest BCUT2D eigenvalue weighted by atomic mass is 10.1. The Hall–Kier alpha value is -2.13. The first kappa shape index (κ1) is 13.3. The van der Waals surface area contributed by atoms with Crippen molar-refractivity contribution in [3.63, 3.8) is 0 Å². The van der Waals surface area contributed by atoms with Crippen LogP contribution in [0.5, 0.6) is 0 Å². The van der Waals surface area contributed by atoms with Crippen molar-refractivity contribution in [2.24, 2.45) is 0 Å². The first-order valence-electron chi connectivity index (χ1n) is 6.15. The van der Waals surface area contributed by atoms with Gasteiger partial charge in [-0.3, -0.25) is 0 Å². The van der Waals surface area contributed by atoms with Crippen LogP contribution in [0.3, 0.4) is 0 Å². The summed E-state index contributed by atoms with van der Waals surface area (Å²) in [5.41, 5.74) is 5.97. The van der Waals surface area contributed by atoms with Crippen molar-refractivity contribution in [2.75, 3.05) is 0 Å². The molecule has 2 aromatic carbocycles. The molecule has 0 aliphatic heterocycles. The molecule has 0 saturated carbocycles. The van der Waals surface area contributed by atoms with E-state index in [-0.39, 0.29) is 0 Å². The van der Waals surface area contributed by atoms with Crippen molar-refractivity contribution in [3.05, 3.63) is 66.2 Å². The van der Waals surface area contributed by atoms with E-state index in [0.29, 0.717) is 0 Å². The Bertz CT molecular complexity index is 632. The fourth-order valence-electron chi connectivity index (χ4n) is 2.32. The molecule has 0 atom stereocenters. The summed E-state index contributed by atoms with van der Waals surface area (Å²) in [7, 11) is 1.16. The second-order valence-electron chi connectivity index (χ2n) is 4.48. The van der Waals surface area contributed by atoms with E-state index in [9.17, 15) is 4.79 Å². The summed E-state index contributed by atoms with van der Waals surface area (Å²) in [6, 6.07) is 15.5. The molecule has 0 bridgehead atoms. The number of hydrogen-bond donors (Lipinski definition) is 1. The summed E-state index contributed by atoms with van der Waals surface area (Å²) in [6.45, 7) is 2.96. The third-order valence-corrected chi connectivity index (χ3v) is 4.20. The molecule has 3 rings (SSSR count). The van der Waals surface area contributed by atoms with E-state index in [1.807, 2.05) is 0 Å². The predicted molar refractivity (Wildman–Crippen MR) is 82.1 cm³/mol. The van der Waals surface area contributed by atoms with Gasteiger partial charge in [-0.2, -0.15) is 0 Å². The molecule has 96 valence electrons. The second kappa shape index (κ2) is 5.67. The van der Waals surface area contributed by atoms with Crippen LogP contribution in [-0.2, 0) is 11.2 Å². The third kappa shape index (κ3) is 2.82. The fraction of sp³-hybridized carbons (Fsp3) is 0.0625. The summed E-state index contributed by atoms with van der Waals surface area (Å²) in [5.74, 6) is -0.981. The van der Waals surface area contributed by atoms with Crippen molar-refractivity contribution < 1.29 is 9.90 Å². The lowest BCUT2D eigenvalue weighted by Crippen LogP contribution is -2.08. The number of carboxylic acids is 1. The molecule has 0 heterocycles. The van der Waals surface area contributed by atoms with Crippen LogP contribution >= 0.6 is 0 Å². The highest BCUT2D eigenvalue weighted by atomic mass is 28.1. The van der Waals surface area contributed by atoms with Gasteiger partial charge in [0, 0.05) is 16.3 Å². The summed E-state index contributed by atoms with van der Waals surface area (Å²) < 4.78 is 0. The average Bonchev–Trinajstić information content (AvgIpc) is 2.80. The largest absolute Gasteiger partial charge is 0.478 e. The van der Waals surface area contributed by atoms with E-state index in [1.165, 1.54) is 16.7 Å². The molecule has 0 aromatic heterocycles. The SMILES string of the molecule is C=CC(=O)O.[SiH3]c1cccc2c1Cc1ccccc1-2. The van der Waals surface area contributed by atoms with Crippen LogP contribution in [0, 0.1) is 0 Å². The Balaban J connectivity index is 0.000000232. The van der Waals surface area contributed by atoms with Gasteiger partial charge in [-0.15, -0.1) is 0 Å². The van der Waals surface area contributed by atoms with Gasteiger partial charge in [0.15, 0.2) is 0 Å². The number of carboxylic acid groups (broad SMARTS) is 1. The maximum atomic E-state index is 9.25. The number of rotatable bonds is 1. The molecule has 1 N–H and O–H groups in total. The van der Waals surface area contributed by atoms with Gasteiger partial charge in [-0.25, -0.2) is 4.79 Å². The van der Waals surface area contributed by atoms with Crippen LogP contribution in [0.2, 0.25) is 0 Å². The summed E-state index contributed by atoms with van der Waals surface area (Å²) in [5, 5.41) is 9.16. The van der Waals surface area contributed by atoms with Gasteiger partial charge in [0.2, 0.25) is 0 Å². The molecule has 0 unspecified atom stereocenters. The Morgan fingerprint density at radius 2 is 1.79 bits per heavy atom. The van der Waals surface area contributed by atoms with Crippen molar-refractivity contribution in [3.8, 4) is 11.1 Å². The molecule has 0 fully saturated rings. The lowest BCUT2D eigenvalue weighted by molar-refractivity contribution is -0.131. The number of benzene rings is 2. The first-order valence-corrected chi connectivity index (χ1v) is 7.15. The smallest absolute Gasteiger partial charge is 0.327 e. The second-order valence-corrected chi connectivity index (χ2v) is 5.55. The van der Waals surface area contributed by atoms with E-state index < -0.39 is 5.97 Å². The van der Waals surface area contributed by atoms with Crippen LogP contribution in [0.25, 0.3) is 11.1 Å². The number of aliphatic carboxylic acids is 1. The van der Waals surface area contributed by atoms with E-state index in [0.717, 1.165) is 22.7 Å². The minimum Gasteiger partial charge on any atom is -0.478 e. The van der Waals surface area contributed by atoms with Gasteiger partial charge >= 0.3 is 5.97 Å². The summed E-state index contributed by atoms with van der Waals surface area (Å²) in [4.78, 5) is 9.25. The molecule has 19 heavy (non-hydrogen) atoms. The first-order chi connectivity index (χ1) is 9.13.